The van der Waals surface area contributed by atoms with Gasteiger partial charge in [-0.25, -0.2) is 0 Å². The standard InChI is InChI=1S/C26H36N2O4S/c1-4-6-8-9-17-31-22-13-11-21(12-14-22)25(29)28-26(33)27-19-20-10-15-23(24(18-20)30-3)32-16-7-5-2/h10-15,18H,4-9,16-17,19H2,1-3H3,(H2,27,28,29,33). The molecule has 0 bridgehead atoms. The van der Waals surface area contributed by atoms with Crippen LogP contribution in [0.15, 0.2) is 42.5 Å². The summed E-state index contributed by atoms with van der Waals surface area (Å²) in [5.74, 6) is 1.89. The second-order valence-corrected chi connectivity index (χ2v) is 8.17. The van der Waals surface area contributed by atoms with Crippen molar-refractivity contribution < 1.29 is 19.0 Å². The van der Waals surface area contributed by atoms with Gasteiger partial charge in [-0.2, -0.15) is 0 Å². The molecule has 2 N–H and O–H groups in total. The summed E-state index contributed by atoms with van der Waals surface area (Å²) in [6, 6.07) is 12.8. The van der Waals surface area contributed by atoms with Crippen LogP contribution in [0.1, 0.15) is 68.3 Å². The molecule has 0 fully saturated rings. The number of hydrogen-bond donors (Lipinski definition) is 2. The molecule has 0 aliphatic heterocycles. The normalized spacial score (nSPS) is 10.4. The van der Waals surface area contributed by atoms with Crippen LogP contribution in [0.5, 0.6) is 17.2 Å². The van der Waals surface area contributed by atoms with Crippen molar-refractivity contribution in [2.24, 2.45) is 0 Å². The van der Waals surface area contributed by atoms with Crippen molar-refractivity contribution in [2.45, 2.75) is 58.9 Å². The van der Waals surface area contributed by atoms with Gasteiger partial charge in [0.1, 0.15) is 5.75 Å². The Balaban J connectivity index is 1.79. The topological polar surface area (TPSA) is 68.8 Å². The molecular formula is C26H36N2O4S. The van der Waals surface area contributed by atoms with Crippen LogP contribution >= 0.6 is 12.2 Å². The van der Waals surface area contributed by atoms with Gasteiger partial charge in [-0.15, -0.1) is 0 Å². The van der Waals surface area contributed by atoms with Crippen molar-refractivity contribution in [1.29, 1.82) is 0 Å². The maximum atomic E-state index is 12.5. The number of nitrogens with one attached hydrogen (secondary N) is 2. The quantitative estimate of drug-likeness (QED) is 0.274. The number of carbonyl (C=O) groups excluding carboxylic acids is 1. The fourth-order valence-corrected chi connectivity index (χ4v) is 3.26. The number of rotatable bonds is 14. The lowest BCUT2D eigenvalue weighted by molar-refractivity contribution is 0.0976. The van der Waals surface area contributed by atoms with E-state index in [2.05, 4.69) is 24.5 Å². The van der Waals surface area contributed by atoms with Crippen molar-refractivity contribution in [3.8, 4) is 17.2 Å². The van der Waals surface area contributed by atoms with Crippen LogP contribution in [-0.2, 0) is 6.54 Å². The SMILES string of the molecule is CCCCCCOc1ccc(C(=O)NC(=S)NCc2ccc(OCCCC)c(OC)c2)cc1. The number of ether oxygens (including phenoxy) is 3. The zero-order valence-corrected chi connectivity index (χ0v) is 20.8. The molecule has 0 aromatic heterocycles. The van der Waals surface area contributed by atoms with Crippen molar-refractivity contribution in [2.75, 3.05) is 20.3 Å². The maximum Gasteiger partial charge on any atom is 0.257 e. The molecule has 2 rings (SSSR count). The second-order valence-electron chi connectivity index (χ2n) is 7.76. The first-order valence-corrected chi connectivity index (χ1v) is 12.1. The van der Waals surface area contributed by atoms with E-state index in [1.54, 1.807) is 19.2 Å². The first-order valence-electron chi connectivity index (χ1n) is 11.7. The predicted octanol–water partition coefficient (Wildman–Crippen LogP) is 5.64. The van der Waals surface area contributed by atoms with Crippen LogP contribution in [0.25, 0.3) is 0 Å². The summed E-state index contributed by atoms with van der Waals surface area (Å²) in [6.07, 6.45) is 6.71. The first-order chi connectivity index (χ1) is 16.1. The Labute approximate surface area is 203 Å². The molecule has 0 heterocycles. The van der Waals surface area contributed by atoms with Crippen LogP contribution in [0.4, 0.5) is 0 Å². The van der Waals surface area contributed by atoms with Gasteiger partial charge in [-0.1, -0.05) is 45.6 Å². The summed E-state index contributed by atoms with van der Waals surface area (Å²) in [7, 11) is 1.62. The number of benzene rings is 2. The van der Waals surface area contributed by atoms with Gasteiger partial charge in [-0.3, -0.25) is 10.1 Å². The van der Waals surface area contributed by atoms with Crippen molar-refractivity contribution in [1.82, 2.24) is 10.6 Å². The molecule has 180 valence electrons. The number of hydrogen-bond acceptors (Lipinski definition) is 5. The van der Waals surface area contributed by atoms with Crippen LogP contribution in [0, 0.1) is 0 Å². The van der Waals surface area contributed by atoms with E-state index in [4.69, 9.17) is 26.4 Å². The number of methoxy groups -OCH3 is 1. The van der Waals surface area contributed by atoms with Gasteiger partial charge in [0.25, 0.3) is 5.91 Å². The van der Waals surface area contributed by atoms with E-state index in [1.807, 2.05) is 30.3 Å². The van der Waals surface area contributed by atoms with E-state index >= 15 is 0 Å². The molecule has 0 aliphatic carbocycles. The minimum absolute atomic E-state index is 0.262. The van der Waals surface area contributed by atoms with E-state index in [0.717, 1.165) is 36.3 Å². The van der Waals surface area contributed by atoms with Gasteiger partial charge in [0.05, 0.1) is 20.3 Å². The Kier molecular flexibility index (Phi) is 12.1. The summed E-state index contributed by atoms with van der Waals surface area (Å²) in [5, 5.41) is 6.03. The summed E-state index contributed by atoms with van der Waals surface area (Å²) >= 11 is 5.28. The monoisotopic (exact) mass is 472 g/mol. The zero-order chi connectivity index (χ0) is 23.9. The number of thiocarbonyl (C=S) groups is 1. The summed E-state index contributed by atoms with van der Waals surface area (Å²) < 4.78 is 16.9. The van der Waals surface area contributed by atoms with Gasteiger partial charge < -0.3 is 19.5 Å². The highest BCUT2D eigenvalue weighted by atomic mass is 32.1. The molecule has 0 saturated heterocycles. The minimum Gasteiger partial charge on any atom is -0.494 e. The summed E-state index contributed by atoms with van der Waals surface area (Å²) in [4.78, 5) is 12.5. The van der Waals surface area contributed by atoms with Gasteiger partial charge in [0, 0.05) is 12.1 Å². The Hall–Kier alpha value is -2.80. The predicted molar refractivity (Wildman–Crippen MR) is 136 cm³/mol. The third kappa shape index (κ3) is 9.70. The molecule has 2 aromatic carbocycles. The van der Waals surface area contributed by atoms with Gasteiger partial charge in [-0.05, 0) is 67.0 Å². The highest BCUT2D eigenvalue weighted by molar-refractivity contribution is 7.80. The van der Waals surface area contributed by atoms with Crippen molar-refractivity contribution >= 4 is 23.2 Å². The fourth-order valence-electron chi connectivity index (χ4n) is 3.09. The lowest BCUT2D eigenvalue weighted by Crippen LogP contribution is -2.38. The molecule has 7 heteroatoms. The van der Waals surface area contributed by atoms with E-state index in [0.29, 0.717) is 31.1 Å². The lowest BCUT2D eigenvalue weighted by Gasteiger charge is -2.13. The molecule has 0 aliphatic rings. The molecular weight excluding hydrogens is 436 g/mol. The van der Waals surface area contributed by atoms with Crippen LogP contribution < -0.4 is 24.8 Å². The third-order valence-corrected chi connectivity index (χ3v) is 5.29. The first kappa shape index (κ1) is 26.5. The molecule has 6 nitrogen and oxygen atoms in total. The Morgan fingerprint density at radius 2 is 1.61 bits per heavy atom. The van der Waals surface area contributed by atoms with E-state index < -0.39 is 0 Å². The number of unbranched alkanes of at least 4 members (excludes halogenated alkanes) is 4. The molecule has 2 aromatic rings. The number of carbonyl (C=O) groups is 1. The molecule has 0 unspecified atom stereocenters. The average molecular weight is 473 g/mol. The zero-order valence-electron chi connectivity index (χ0n) is 19.9. The van der Waals surface area contributed by atoms with Crippen molar-refractivity contribution in [3.63, 3.8) is 0 Å². The maximum absolute atomic E-state index is 12.5. The molecule has 1 amide bonds. The third-order valence-electron chi connectivity index (χ3n) is 5.05. The smallest absolute Gasteiger partial charge is 0.257 e. The van der Waals surface area contributed by atoms with E-state index in [1.165, 1.54) is 19.3 Å². The summed E-state index contributed by atoms with van der Waals surface area (Å²) in [5.41, 5.74) is 1.49. The minimum atomic E-state index is -0.265. The Morgan fingerprint density at radius 1 is 0.879 bits per heavy atom. The Bertz CT molecular complexity index is 871. The van der Waals surface area contributed by atoms with E-state index in [-0.39, 0.29) is 11.0 Å². The summed E-state index contributed by atoms with van der Waals surface area (Å²) in [6.45, 7) is 6.11. The molecule has 0 atom stereocenters. The van der Waals surface area contributed by atoms with Crippen LogP contribution in [0.3, 0.4) is 0 Å². The largest absolute Gasteiger partial charge is 0.494 e. The van der Waals surface area contributed by atoms with Crippen LogP contribution in [0.2, 0.25) is 0 Å². The highest BCUT2D eigenvalue weighted by Gasteiger charge is 2.10. The Morgan fingerprint density at radius 3 is 2.30 bits per heavy atom. The van der Waals surface area contributed by atoms with Crippen molar-refractivity contribution in [3.05, 3.63) is 53.6 Å². The van der Waals surface area contributed by atoms with Gasteiger partial charge in [0.2, 0.25) is 0 Å². The van der Waals surface area contributed by atoms with Crippen LogP contribution in [-0.4, -0.2) is 31.3 Å². The average Bonchev–Trinajstić information content (AvgIpc) is 2.83. The molecule has 33 heavy (non-hydrogen) atoms. The van der Waals surface area contributed by atoms with E-state index in [9.17, 15) is 4.79 Å². The lowest BCUT2D eigenvalue weighted by atomic mass is 10.2. The second kappa shape index (κ2) is 15.1. The fraction of sp³-hybridized carbons (Fsp3) is 0.462. The van der Waals surface area contributed by atoms with Gasteiger partial charge in [0.15, 0.2) is 16.6 Å². The van der Waals surface area contributed by atoms with Gasteiger partial charge >= 0.3 is 0 Å². The molecule has 0 radical (unpaired) electrons. The molecule has 0 spiro atoms. The molecule has 0 saturated carbocycles. The highest BCUT2D eigenvalue weighted by Crippen LogP contribution is 2.28. The number of amides is 1.